The van der Waals surface area contributed by atoms with Crippen LogP contribution in [0.2, 0.25) is 5.02 Å². The maximum absolute atomic E-state index is 13.4. The van der Waals surface area contributed by atoms with Crippen LogP contribution in [0.4, 0.5) is 10.1 Å². The number of halogens is 2. The Morgan fingerprint density at radius 2 is 2.03 bits per heavy atom. The number of nitrogens with one attached hydrogen (secondary N) is 2. The second kappa shape index (κ2) is 12.2. The number of hydrogen-bond acceptors (Lipinski definition) is 5. The minimum absolute atomic E-state index is 0.0537. The molecule has 34 heavy (non-hydrogen) atoms. The van der Waals surface area contributed by atoms with Crippen molar-refractivity contribution in [1.82, 2.24) is 20.1 Å². The quantitative estimate of drug-likeness (QED) is 0.241. The van der Waals surface area contributed by atoms with E-state index in [-0.39, 0.29) is 24.1 Å². The maximum atomic E-state index is 13.4. The summed E-state index contributed by atoms with van der Waals surface area (Å²) in [7, 11) is 0. The zero-order chi connectivity index (χ0) is 24.5. The van der Waals surface area contributed by atoms with Gasteiger partial charge < -0.3 is 15.2 Å². The third kappa shape index (κ3) is 7.03. The van der Waals surface area contributed by atoms with Gasteiger partial charge in [0.2, 0.25) is 11.8 Å². The summed E-state index contributed by atoms with van der Waals surface area (Å²) in [5.74, 6) is -0.465. The fourth-order valence-electron chi connectivity index (χ4n) is 2.92. The number of nitrogens with zero attached hydrogens (tertiary/aromatic N) is 3. The molecule has 0 aliphatic carbocycles. The SMILES string of the molecule is C=CCn1c(CNC(=O)/C=C/c2ccccc2Cl)nnc1SCC(=O)Nc1cc(F)ccc1C. The van der Waals surface area contributed by atoms with E-state index in [0.717, 1.165) is 11.1 Å². The highest BCUT2D eigenvalue weighted by molar-refractivity contribution is 7.99. The molecule has 0 aliphatic rings. The van der Waals surface area contributed by atoms with Crippen molar-refractivity contribution in [3.63, 3.8) is 0 Å². The first-order valence-corrected chi connectivity index (χ1v) is 11.7. The smallest absolute Gasteiger partial charge is 0.244 e. The predicted molar refractivity (Wildman–Crippen MR) is 133 cm³/mol. The monoisotopic (exact) mass is 499 g/mol. The molecule has 176 valence electrons. The topological polar surface area (TPSA) is 88.9 Å². The molecule has 10 heteroatoms. The number of aryl methyl sites for hydroxylation is 1. The molecule has 1 aromatic heterocycles. The van der Waals surface area contributed by atoms with Crippen LogP contribution in [0.5, 0.6) is 0 Å². The standard InChI is InChI=1S/C24H23ClFN5O2S/c1-3-12-31-21(14-27-22(32)11-9-17-6-4-5-7-19(17)25)29-30-24(31)34-15-23(33)28-20-13-18(26)10-8-16(20)2/h3-11,13H,1,12,14-15H2,2H3,(H,27,32)(H,28,33)/b11-9+. The molecule has 0 bridgehead atoms. The van der Waals surface area contributed by atoms with Crippen molar-refractivity contribution in [2.75, 3.05) is 11.1 Å². The second-order valence-corrected chi connectivity index (χ2v) is 8.52. The molecule has 0 radical (unpaired) electrons. The van der Waals surface area contributed by atoms with Gasteiger partial charge in [0.15, 0.2) is 11.0 Å². The Balaban J connectivity index is 1.58. The number of anilines is 1. The molecule has 1 heterocycles. The highest BCUT2D eigenvalue weighted by Crippen LogP contribution is 2.20. The number of carbonyl (C=O) groups excluding carboxylic acids is 2. The van der Waals surface area contributed by atoms with Crippen molar-refractivity contribution < 1.29 is 14.0 Å². The Morgan fingerprint density at radius 3 is 2.79 bits per heavy atom. The van der Waals surface area contributed by atoms with Crippen LogP contribution in [-0.4, -0.2) is 32.3 Å². The molecule has 3 aromatic rings. The van der Waals surface area contributed by atoms with Crippen LogP contribution >= 0.6 is 23.4 Å². The van der Waals surface area contributed by atoms with E-state index in [0.29, 0.717) is 28.2 Å². The Labute approximate surface area is 206 Å². The van der Waals surface area contributed by atoms with E-state index in [2.05, 4.69) is 27.4 Å². The van der Waals surface area contributed by atoms with Crippen molar-refractivity contribution in [2.24, 2.45) is 0 Å². The first-order valence-electron chi connectivity index (χ1n) is 10.3. The average molecular weight is 500 g/mol. The summed E-state index contributed by atoms with van der Waals surface area (Å²) in [6, 6.07) is 11.4. The molecular weight excluding hydrogens is 477 g/mol. The maximum Gasteiger partial charge on any atom is 0.244 e. The minimum Gasteiger partial charge on any atom is -0.345 e. The van der Waals surface area contributed by atoms with E-state index < -0.39 is 5.82 Å². The van der Waals surface area contributed by atoms with Gasteiger partial charge in [0.25, 0.3) is 0 Å². The third-order valence-electron chi connectivity index (χ3n) is 4.65. The van der Waals surface area contributed by atoms with Crippen LogP contribution in [0.15, 0.2) is 66.4 Å². The van der Waals surface area contributed by atoms with Gasteiger partial charge in [-0.2, -0.15) is 0 Å². The fourth-order valence-corrected chi connectivity index (χ4v) is 3.88. The summed E-state index contributed by atoms with van der Waals surface area (Å²) < 4.78 is 15.2. The van der Waals surface area contributed by atoms with E-state index in [1.54, 1.807) is 35.8 Å². The first kappa shape index (κ1) is 25.2. The van der Waals surface area contributed by atoms with Crippen molar-refractivity contribution in [2.45, 2.75) is 25.2 Å². The zero-order valence-corrected chi connectivity index (χ0v) is 20.0. The lowest BCUT2D eigenvalue weighted by Crippen LogP contribution is -2.23. The highest BCUT2D eigenvalue weighted by Gasteiger charge is 2.14. The Kier molecular flexibility index (Phi) is 9.00. The number of thioether (sulfide) groups is 1. The van der Waals surface area contributed by atoms with Gasteiger partial charge in [0.1, 0.15) is 5.82 Å². The fraction of sp³-hybridized carbons (Fsp3) is 0.167. The Hall–Kier alpha value is -3.43. The van der Waals surface area contributed by atoms with Gasteiger partial charge in [-0.1, -0.05) is 53.7 Å². The summed E-state index contributed by atoms with van der Waals surface area (Å²) in [5.41, 5.74) is 1.92. The Morgan fingerprint density at radius 1 is 1.24 bits per heavy atom. The summed E-state index contributed by atoms with van der Waals surface area (Å²) >= 11 is 7.27. The third-order valence-corrected chi connectivity index (χ3v) is 5.96. The van der Waals surface area contributed by atoms with Gasteiger partial charge in [0, 0.05) is 23.3 Å². The second-order valence-electron chi connectivity index (χ2n) is 7.17. The number of amides is 2. The van der Waals surface area contributed by atoms with Crippen molar-refractivity contribution in [3.8, 4) is 0 Å². The largest absolute Gasteiger partial charge is 0.345 e. The highest BCUT2D eigenvalue weighted by atomic mass is 35.5. The van der Waals surface area contributed by atoms with Gasteiger partial charge >= 0.3 is 0 Å². The molecule has 0 saturated heterocycles. The molecule has 0 aliphatic heterocycles. The van der Waals surface area contributed by atoms with E-state index >= 15 is 0 Å². The molecule has 0 saturated carbocycles. The lowest BCUT2D eigenvalue weighted by molar-refractivity contribution is -0.116. The number of benzene rings is 2. The van der Waals surface area contributed by atoms with Gasteiger partial charge in [-0.15, -0.1) is 16.8 Å². The Bertz CT molecular complexity index is 1230. The molecular formula is C24H23ClFN5O2S. The van der Waals surface area contributed by atoms with Gasteiger partial charge in [-0.3, -0.25) is 9.59 Å². The van der Waals surface area contributed by atoms with Crippen LogP contribution in [0.1, 0.15) is 17.0 Å². The molecule has 0 fully saturated rings. The number of aromatic nitrogens is 3. The molecule has 0 unspecified atom stereocenters. The number of carbonyl (C=O) groups is 2. The summed E-state index contributed by atoms with van der Waals surface area (Å²) in [5, 5.41) is 14.8. The van der Waals surface area contributed by atoms with Crippen LogP contribution in [0.25, 0.3) is 6.08 Å². The van der Waals surface area contributed by atoms with E-state index in [4.69, 9.17) is 11.6 Å². The molecule has 2 amide bonds. The predicted octanol–water partition coefficient (Wildman–Crippen LogP) is 4.63. The van der Waals surface area contributed by atoms with Crippen LogP contribution < -0.4 is 10.6 Å². The molecule has 3 rings (SSSR count). The number of rotatable bonds is 10. The van der Waals surface area contributed by atoms with E-state index in [1.807, 2.05) is 18.2 Å². The minimum atomic E-state index is -0.423. The molecule has 2 aromatic carbocycles. The molecule has 0 spiro atoms. The number of hydrogen-bond donors (Lipinski definition) is 2. The molecule has 2 N–H and O–H groups in total. The van der Waals surface area contributed by atoms with Gasteiger partial charge in [0.05, 0.1) is 12.3 Å². The van der Waals surface area contributed by atoms with Crippen LogP contribution in [0.3, 0.4) is 0 Å². The summed E-state index contributed by atoms with van der Waals surface area (Å²) in [6.07, 6.45) is 4.70. The molecule has 0 atom stereocenters. The number of allylic oxidation sites excluding steroid dienone is 1. The average Bonchev–Trinajstić information content (AvgIpc) is 3.20. The van der Waals surface area contributed by atoms with Crippen molar-refractivity contribution in [1.29, 1.82) is 0 Å². The summed E-state index contributed by atoms with van der Waals surface area (Å²) in [4.78, 5) is 24.6. The van der Waals surface area contributed by atoms with Crippen LogP contribution in [-0.2, 0) is 22.7 Å². The lowest BCUT2D eigenvalue weighted by atomic mass is 10.2. The molecule has 7 nitrogen and oxygen atoms in total. The normalized spacial score (nSPS) is 10.9. The van der Waals surface area contributed by atoms with Crippen molar-refractivity contribution >= 4 is 46.9 Å². The van der Waals surface area contributed by atoms with Gasteiger partial charge in [-0.25, -0.2) is 4.39 Å². The zero-order valence-electron chi connectivity index (χ0n) is 18.4. The van der Waals surface area contributed by atoms with Crippen molar-refractivity contribution in [3.05, 3.63) is 89.0 Å². The van der Waals surface area contributed by atoms with E-state index in [9.17, 15) is 14.0 Å². The summed E-state index contributed by atoms with van der Waals surface area (Å²) in [6.45, 7) is 6.07. The van der Waals surface area contributed by atoms with Crippen LogP contribution in [0, 0.1) is 12.7 Å². The first-order chi connectivity index (χ1) is 16.4. The van der Waals surface area contributed by atoms with E-state index in [1.165, 1.54) is 30.0 Å². The lowest BCUT2D eigenvalue weighted by Gasteiger charge is -2.09. The van der Waals surface area contributed by atoms with Gasteiger partial charge in [-0.05, 0) is 42.3 Å².